The van der Waals surface area contributed by atoms with Gasteiger partial charge >= 0.3 is 0 Å². The molecule has 0 bridgehead atoms. The molecule has 1 N–H and O–H groups in total. The molecule has 1 fully saturated rings. The van der Waals surface area contributed by atoms with Crippen molar-refractivity contribution >= 4 is 10.0 Å². The summed E-state index contributed by atoms with van der Waals surface area (Å²) in [5.41, 5.74) is 0. The number of sulfonamides is 1. The van der Waals surface area contributed by atoms with Crippen LogP contribution in [0.4, 0.5) is 0 Å². The van der Waals surface area contributed by atoms with Crippen LogP contribution in [0.1, 0.15) is 18.6 Å². The van der Waals surface area contributed by atoms with Crippen LogP contribution in [-0.2, 0) is 16.6 Å². The zero-order valence-electron chi connectivity index (χ0n) is 9.87. The third-order valence-corrected chi connectivity index (χ3v) is 4.50. The Bertz CT molecular complexity index is 551. The summed E-state index contributed by atoms with van der Waals surface area (Å²) >= 11 is 0. The third-order valence-electron chi connectivity index (χ3n) is 2.81. The normalized spacial score (nSPS) is 15.8. The second-order valence-corrected chi connectivity index (χ2v) is 6.19. The maximum Gasteiger partial charge on any atom is 0.277 e. The number of aliphatic hydroxyl groups is 1. The fourth-order valence-electron chi connectivity index (χ4n) is 1.65. The molecule has 1 heterocycles. The Morgan fingerprint density at radius 3 is 2.72 bits per heavy atom. The second kappa shape index (κ2) is 5.14. The van der Waals surface area contributed by atoms with E-state index in [9.17, 15) is 8.42 Å². The summed E-state index contributed by atoms with van der Waals surface area (Å²) in [6.45, 7) is 0.142. The van der Waals surface area contributed by atoms with Gasteiger partial charge in [0.2, 0.25) is 5.09 Å². The number of aliphatic hydroxyl groups excluding tert-OH is 1. The molecule has 1 aliphatic rings. The molecule has 5 nitrogen and oxygen atoms in total. The molecule has 1 saturated carbocycles. The standard InChI is InChI=1S/C12H15NO4S/c1-2-7-13(8-10-3-4-10)18(15,16)12-6-5-11(9-14)17-12/h1,5-6,10,14H,3-4,7-9H2. The molecule has 0 saturated heterocycles. The summed E-state index contributed by atoms with van der Waals surface area (Å²) in [4.78, 5) is 0. The highest BCUT2D eigenvalue weighted by atomic mass is 32.2. The number of nitrogens with zero attached hydrogens (tertiary/aromatic N) is 1. The summed E-state index contributed by atoms with van der Waals surface area (Å²) in [7, 11) is -3.69. The van der Waals surface area contributed by atoms with Crippen LogP contribution in [0.2, 0.25) is 0 Å². The molecule has 1 aliphatic carbocycles. The molecular weight excluding hydrogens is 254 g/mol. The zero-order chi connectivity index (χ0) is 13.2. The van der Waals surface area contributed by atoms with E-state index in [1.807, 2.05) is 0 Å². The molecule has 0 amide bonds. The monoisotopic (exact) mass is 269 g/mol. The third kappa shape index (κ3) is 2.75. The Labute approximate surface area is 106 Å². The lowest BCUT2D eigenvalue weighted by Crippen LogP contribution is -2.33. The first-order valence-electron chi connectivity index (χ1n) is 5.71. The van der Waals surface area contributed by atoms with Crippen LogP contribution < -0.4 is 0 Å². The van der Waals surface area contributed by atoms with Crippen molar-refractivity contribution in [1.82, 2.24) is 4.31 Å². The van der Waals surface area contributed by atoms with Crippen LogP contribution in [0.5, 0.6) is 0 Å². The van der Waals surface area contributed by atoms with Gasteiger partial charge in [-0.1, -0.05) is 5.92 Å². The van der Waals surface area contributed by atoms with Gasteiger partial charge in [0, 0.05) is 6.54 Å². The molecule has 0 radical (unpaired) electrons. The molecule has 1 aromatic heterocycles. The molecule has 0 atom stereocenters. The molecule has 0 unspecified atom stereocenters. The van der Waals surface area contributed by atoms with Gasteiger partial charge in [0.25, 0.3) is 10.0 Å². The van der Waals surface area contributed by atoms with Gasteiger partial charge in [-0.3, -0.25) is 0 Å². The summed E-state index contributed by atoms with van der Waals surface area (Å²) in [5.74, 6) is 2.98. The highest BCUT2D eigenvalue weighted by Crippen LogP contribution is 2.31. The SMILES string of the molecule is C#CCN(CC1CC1)S(=O)(=O)c1ccc(CO)o1. The van der Waals surface area contributed by atoms with E-state index in [1.54, 1.807) is 0 Å². The lowest BCUT2D eigenvalue weighted by molar-refractivity contribution is 0.235. The van der Waals surface area contributed by atoms with Gasteiger partial charge in [-0.25, -0.2) is 8.42 Å². The van der Waals surface area contributed by atoms with Crippen LogP contribution >= 0.6 is 0 Å². The van der Waals surface area contributed by atoms with Crippen molar-refractivity contribution in [3.8, 4) is 12.3 Å². The highest BCUT2D eigenvalue weighted by Gasteiger charge is 2.32. The van der Waals surface area contributed by atoms with Gasteiger partial charge in [0.1, 0.15) is 12.4 Å². The fraction of sp³-hybridized carbons (Fsp3) is 0.500. The van der Waals surface area contributed by atoms with E-state index in [0.29, 0.717) is 12.5 Å². The molecular formula is C12H15NO4S. The smallest absolute Gasteiger partial charge is 0.277 e. The summed E-state index contributed by atoms with van der Waals surface area (Å²) in [6.07, 6.45) is 7.28. The van der Waals surface area contributed by atoms with Crippen LogP contribution in [0.25, 0.3) is 0 Å². The van der Waals surface area contributed by atoms with Crippen LogP contribution in [0.3, 0.4) is 0 Å². The van der Waals surface area contributed by atoms with E-state index in [0.717, 1.165) is 12.8 Å². The van der Waals surface area contributed by atoms with Crippen molar-refractivity contribution < 1.29 is 17.9 Å². The summed E-state index contributed by atoms with van der Waals surface area (Å²) in [5, 5.41) is 8.72. The summed E-state index contributed by atoms with van der Waals surface area (Å²) in [6, 6.07) is 2.79. The zero-order valence-corrected chi connectivity index (χ0v) is 10.7. The van der Waals surface area contributed by atoms with Gasteiger partial charge in [-0.05, 0) is 30.9 Å². The molecule has 98 valence electrons. The number of terminal acetylenes is 1. The van der Waals surface area contributed by atoms with E-state index in [2.05, 4.69) is 5.92 Å². The Balaban J connectivity index is 2.22. The Morgan fingerprint density at radius 1 is 1.50 bits per heavy atom. The van der Waals surface area contributed by atoms with Crippen LogP contribution in [0.15, 0.2) is 21.6 Å². The van der Waals surface area contributed by atoms with Crippen molar-refractivity contribution in [2.75, 3.05) is 13.1 Å². The number of hydrogen-bond acceptors (Lipinski definition) is 4. The molecule has 1 aromatic rings. The van der Waals surface area contributed by atoms with Crippen molar-refractivity contribution in [1.29, 1.82) is 0 Å². The quantitative estimate of drug-likeness (QED) is 0.776. The average molecular weight is 269 g/mol. The van der Waals surface area contributed by atoms with Crippen molar-refractivity contribution in [3.05, 3.63) is 17.9 Å². The predicted octanol–water partition coefficient (Wildman–Crippen LogP) is 0.806. The molecule has 6 heteroatoms. The van der Waals surface area contributed by atoms with E-state index in [4.69, 9.17) is 15.9 Å². The molecule has 0 aromatic carbocycles. The van der Waals surface area contributed by atoms with Gasteiger partial charge in [0.15, 0.2) is 0 Å². The first-order chi connectivity index (χ1) is 8.57. The van der Waals surface area contributed by atoms with Crippen LogP contribution in [-0.4, -0.2) is 30.9 Å². The van der Waals surface area contributed by atoms with E-state index < -0.39 is 10.0 Å². The van der Waals surface area contributed by atoms with Gasteiger partial charge in [-0.2, -0.15) is 4.31 Å². The average Bonchev–Trinajstić information content (AvgIpc) is 3.02. The topological polar surface area (TPSA) is 70.8 Å². The number of rotatable bonds is 6. The minimum atomic E-state index is -3.69. The van der Waals surface area contributed by atoms with E-state index in [-0.39, 0.29) is 24.0 Å². The molecule has 18 heavy (non-hydrogen) atoms. The number of furan rings is 1. The maximum absolute atomic E-state index is 12.3. The Kier molecular flexibility index (Phi) is 3.76. The number of hydrogen-bond donors (Lipinski definition) is 1. The maximum atomic E-state index is 12.3. The second-order valence-electron chi connectivity index (χ2n) is 4.32. The summed E-state index contributed by atoms with van der Waals surface area (Å²) < 4.78 is 30.9. The fourth-order valence-corrected chi connectivity index (χ4v) is 3.01. The first kappa shape index (κ1) is 13.1. The Morgan fingerprint density at radius 2 is 2.22 bits per heavy atom. The van der Waals surface area contributed by atoms with Crippen molar-refractivity contribution in [2.45, 2.75) is 24.5 Å². The minimum absolute atomic E-state index is 0.0357. The van der Waals surface area contributed by atoms with Crippen molar-refractivity contribution in [2.24, 2.45) is 5.92 Å². The molecule has 0 spiro atoms. The van der Waals surface area contributed by atoms with E-state index >= 15 is 0 Å². The largest absolute Gasteiger partial charge is 0.446 e. The van der Waals surface area contributed by atoms with Crippen molar-refractivity contribution in [3.63, 3.8) is 0 Å². The van der Waals surface area contributed by atoms with Gasteiger partial charge in [0.05, 0.1) is 6.54 Å². The van der Waals surface area contributed by atoms with E-state index in [1.165, 1.54) is 16.4 Å². The van der Waals surface area contributed by atoms with Gasteiger partial charge < -0.3 is 9.52 Å². The first-order valence-corrected chi connectivity index (χ1v) is 7.15. The Hall–Kier alpha value is -1.29. The lowest BCUT2D eigenvalue weighted by Gasteiger charge is -2.17. The van der Waals surface area contributed by atoms with Gasteiger partial charge in [-0.15, -0.1) is 6.42 Å². The molecule has 0 aliphatic heterocycles. The molecule has 2 rings (SSSR count). The predicted molar refractivity (Wildman–Crippen MR) is 64.9 cm³/mol. The van der Waals surface area contributed by atoms with Crippen LogP contribution in [0, 0.1) is 18.3 Å². The highest BCUT2D eigenvalue weighted by molar-refractivity contribution is 7.89. The lowest BCUT2D eigenvalue weighted by atomic mass is 10.4. The minimum Gasteiger partial charge on any atom is -0.446 e.